The van der Waals surface area contributed by atoms with Crippen molar-refractivity contribution < 1.29 is 14.3 Å². The number of aromatic nitrogens is 2. The van der Waals surface area contributed by atoms with Crippen LogP contribution in [0.15, 0.2) is 6.20 Å². The number of rotatable bonds is 4. The van der Waals surface area contributed by atoms with Gasteiger partial charge in [-0.1, -0.05) is 0 Å². The highest BCUT2D eigenvalue weighted by Gasteiger charge is 2.08. The molecule has 0 amide bonds. The van der Waals surface area contributed by atoms with E-state index in [9.17, 15) is 4.79 Å². The van der Waals surface area contributed by atoms with Crippen LogP contribution in [0, 0.1) is 0 Å². The van der Waals surface area contributed by atoms with Gasteiger partial charge in [0.15, 0.2) is 0 Å². The van der Waals surface area contributed by atoms with E-state index in [4.69, 9.17) is 4.74 Å². The van der Waals surface area contributed by atoms with Crippen LogP contribution in [0.1, 0.15) is 0 Å². The summed E-state index contributed by atoms with van der Waals surface area (Å²) < 4.78 is 11.1. The van der Waals surface area contributed by atoms with E-state index in [1.54, 1.807) is 17.9 Å². The van der Waals surface area contributed by atoms with Gasteiger partial charge in [0.1, 0.15) is 12.2 Å². The molecule has 0 bridgehead atoms. The Balaban J connectivity index is 2.61. The van der Waals surface area contributed by atoms with Gasteiger partial charge in [-0.25, -0.2) is 0 Å². The third kappa shape index (κ3) is 2.38. The maximum Gasteiger partial charge on any atom is 0.325 e. The quantitative estimate of drug-likeness (QED) is 0.692. The Bertz CT molecular complexity index is 322. The lowest BCUT2D eigenvalue weighted by Gasteiger charge is -2.03. The molecule has 0 aromatic carbocycles. The summed E-state index contributed by atoms with van der Waals surface area (Å²) in [6.07, 6.45) is 1.72. The van der Waals surface area contributed by atoms with E-state index in [0.717, 1.165) is 0 Å². The molecule has 1 rings (SSSR count). The molecule has 0 saturated carbocycles. The molecule has 1 aromatic rings. The lowest BCUT2D eigenvalue weighted by molar-refractivity contribution is -0.138. The second kappa shape index (κ2) is 4.50. The number of carbonyl (C=O) groups is 1. The second-order valence-electron chi connectivity index (χ2n) is 2.66. The fourth-order valence-electron chi connectivity index (χ4n) is 0.980. The highest BCUT2D eigenvalue weighted by Crippen LogP contribution is 2.20. The molecule has 0 aliphatic heterocycles. The molecule has 0 unspecified atom stereocenters. The van der Waals surface area contributed by atoms with Crippen molar-refractivity contribution in [1.82, 2.24) is 9.78 Å². The van der Waals surface area contributed by atoms with Gasteiger partial charge in [0.25, 0.3) is 5.88 Å². The van der Waals surface area contributed by atoms with Crippen molar-refractivity contribution in [2.45, 2.75) is 0 Å². The molecule has 0 atom stereocenters. The first kappa shape index (κ1) is 10.4. The summed E-state index contributed by atoms with van der Waals surface area (Å²) in [6, 6.07) is 0. The number of methoxy groups -OCH3 is 2. The Morgan fingerprint density at radius 1 is 1.64 bits per heavy atom. The molecule has 0 saturated heterocycles. The summed E-state index contributed by atoms with van der Waals surface area (Å²) in [4.78, 5) is 10.8. The van der Waals surface area contributed by atoms with E-state index in [2.05, 4.69) is 15.2 Å². The molecule has 1 N–H and O–H groups in total. The van der Waals surface area contributed by atoms with E-state index in [0.29, 0.717) is 11.6 Å². The number of nitrogens with zero attached hydrogens (tertiary/aromatic N) is 2. The van der Waals surface area contributed by atoms with Gasteiger partial charge in [0, 0.05) is 7.05 Å². The van der Waals surface area contributed by atoms with Crippen molar-refractivity contribution in [1.29, 1.82) is 0 Å². The molecule has 1 heterocycles. The Hall–Kier alpha value is -1.72. The van der Waals surface area contributed by atoms with Crippen LogP contribution in [0.25, 0.3) is 0 Å². The predicted molar refractivity (Wildman–Crippen MR) is 50.3 cm³/mol. The third-order valence-electron chi connectivity index (χ3n) is 1.64. The lowest BCUT2D eigenvalue weighted by Crippen LogP contribution is -2.14. The van der Waals surface area contributed by atoms with Crippen LogP contribution in [0.4, 0.5) is 5.69 Å². The van der Waals surface area contributed by atoms with Crippen LogP contribution in [0.3, 0.4) is 0 Å². The smallest absolute Gasteiger partial charge is 0.325 e. The zero-order chi connectivity index (χ0) is 10.6. The summed E-state index contributed by atoms with van der Waals surface area (Å²) in [7, 11) is 4.63. The fourth-order valence-corrected chi connectivity index (χ4v) is 0.980. The van der Waals surface area contributed by atoms with Gasteiger partial charge in [-0.3, -0.25) is 9.48 Å². The molecule has 6 heteroatoms. The third-order valence-corrected chi connectivity index (χ3v) is 1.64. The van der Waals surface area contributed by atoms with E-state index in [1.807, 2.05) is 0 Å². The Morgan fingerprint density at radius 2 is 2.36 bits per heavy atom. The molecular weight excluding hydrogens is 186 g/mol. The minimum Gasteiger partial charge on any atom is -0.478 e. The summed E-state index contributed by atoms with van der Waals surface area (Å²) in [5.74, 6) is 0.118. The second-order valence-corrected chi connectivity index (χ2v) is 2.66. The number of hydrogen-bond acceptors (Lipinski definition) is 5. The lowest BCUT2D eigenvalue weighted by atomic mass is 10.5. The van der Waals surface area contributed by atoms with Crippen LogP contribution in [0.2, 0.25) is 0 Å². The van der Waals surface area contributed by atoms with E-state index < -0.39 is 0 Å². The number of aryl methyl sites for hydroxylation is 1. The van der Waals surface area contributed by atoms with Gasteiger partial charge in [-0.05, 0) is 0 Å². The van der Waals surface area contributed by atoms with Crippen molar-refractivity contribution in [3.63, 3.8) is 0 Å². The van der Waals surface area contributed by atoms with Crippen LogP contribution >= 0.6 is 0 Å². The normalized spacial score (nSPS) is 9.64. The Labute approximate surface area is 81.8 Å². The van der Waals surface area contributed by atoms with E-state index >= 15 is 0 Å². The van der Waals surface area contributed by atoms with Gasteiger partial charge in [-0.15, -0.1) is 5.10 Å². The maximum absolute atomic E-state index is 10.8. The molecule has 0 radical (unpaired) electrons. The average molecular weight is 199 g/mol. The number of esters is 1. The molecule has 6 nitrogen and oxygen atoms in total. The van der Waals surface area contributed by atoms with Crippen molar-refractivity contribution in [3.8, 4) is 5.88 Å². The molecule has 1 aromatic heterocycles. The SMILES string of the molecule is COC(=O)CNc1cn(C)nc1OC. The molecule has 0 aliphatic rings. The molecule has 0 fully saturated rings. The van der Waals surface area contributed by atoms with Gasteiger partial charge in [-0.2, -0.15) is 0 Å². The summed E-state index contributed by atoms with van der Waals surface area (Å²) in [6.45, 7) is 0.0958. The Kier molecular flexibility index (Phi) is 3.33. The standard InChI is InChI=1S/C8H13N3O3/c1-11-5-6(8(10-11)14-3)9-4-7(12)13-2/h5,9H,4H2,1-3H3. The van der Waals surface area contributed by atoms with Crippen molar-refractivity contribution in [2.24, 2.45) is 7.05 Å². The predicted octanol–water partition coefficient (Wildman–Crippen LogP) is 0.0136. The molecule has 0 spiro atoms. The minimum atomic E-state index is -0.337. The fraction of sp³-hybridized carbons (Fsp3) is 0.500. The molecule has 14 heavy (non-hydrogen) atoms. The minimum absolute atomic E-state index is 0.0958. The van der Waals surface area contributed by atoms with Crippen molar-refractivity contribution >= 4 is 11.7 Å². The summed E-state index contributed by atoms with van der Waals surface area (Å²) in [5, 5.41) is 6.87. The zero-order valence-electron chi connectivity index (χ0n) is 8.40. The first-order valence-electron chi connectivity index (χ1n) is 4.05. The largest absolute Gasteiger partial charge is 0.478 e. The zero-order valence-corrected chi connectivity index (χ0v) is 8.40. The topological polar surface area (TPSA) is 65.4 Å². The first-order valence-corrected chi connectivity index (χ1v) is 4.05. The van der Waals surface area contributed by atoms with Gasteiger partial charge < -0.3 is 14.8 Å². The molecule has 78 valence electrons. The highest BCUT2D eigenvalue weighted by atomic mass is 16.5. The van der Waals surface area contributed by atoms with E-state index in [-0.39, 0.29) is 12.5 Å². The Morgan fingerprint density at radius 3 is 2.93 bits per heavy atom. The van der Waals surface area contributed by atoms with Crippen LogP contribution in [-0.4, -0.2) is 36.5 Å². The number of carbonyl (C=O) groups excluding carboxylic acids is 1. The van der Waals surface area contributed by atoms with E-state index in [1.165, 1.54) is 14.2 Å². The maximum atomic E-state index is 10.8. The number of hydrogen-bond donors (Lipinski definition) is 1. The van der Waals surface area contributed by atoms with Gasteiger partial charge >= 0.3 is 5.97 Å². The first-order chi connectivity index (χ1) is 6.67. The van der Waals surface area contributed by atoms with Gasteiger partial charge in [0.05, 0.1) is 20.4 Å². The van der Waals surface area contributed by atoms with Crippen LogP contribution < -0.4 is 10.1 Å². The number of nitrogens with one attached hydrogen (secondary N) is 1. The number of anilines is 1. The summed E-state index contributed by atoms with van der Waals surface area (Å²) in [5.41, 5.74) is 0.667. The monoisotopic (exact) mass is 199 g/mol. The van der Waals surface area contributed by atoms with Gasteiger partial charge in [0.2, 0.25) is 0 Å². The van der Waals surface area contributed by atoms with Crippen molar-refractivity contribution in [3.05, 3.63) is 6.20 Å². The molecule has 0 aliphatic carbocycles. The van der Waals surface area contributed by atoms with Crippen LogP contribution in [-0.2, 0) is 16.6 Å². The van der Waals surface area contributed by atoms with Crippen LogP contribution in [0.5, 0.6) is 5.88 Å². The molecular formula is C8H13N3O3. The van der Waals surface area contributed by atoms with Crippen molar-refractivity contribution in [2.75, 3.05) is 26.1 Å². The summed E-state index contributed by atoms with van der Waals surface area (Å²) >= 11 is 0. The highest BCUT2D eigenvalue weighted by molar-refractivity contribution is 5.75. The number of ether oxygens (including phenoxy) is 2. The average Bonchev–Trinajstić information content (AvgIpc) is 2.55.